The van der Waals surface area contributed by atoms with Crippen LogP contribution in [0.3, 0.4) is 0 Å². The number of aromatic nitrogens is 1. The molecule has 1 aromatic carbocycles. The van der Waals surface area contributed by atoms with Gasteiger partial charge in [-0.1, -0.05) is 6.92 Å². The first kappa shape index (κ1) is 12.6. The molecule has 2 aromatic rings. The Labute approximate surface area is 104 Å². The van der Waals surface area contributed by atoms with Gasteiger partial charge in [-0.2, -0.15) is 0 Å². The molecule has 1 aromatic heterocycles. The summed E-state index contributed by atoms with van der Waals surface area (Å²) >= 11 is 0. The Morgan fingerprint density at radius 3 is 2.89 bits per heavy atom. The molecule has 0 atom stereocenters. The molecule has 0 saturated carbocycles. The van der Waals surface area contributed by atoms with Gasteiger partial charge in [-0.05, 0) is 31.2 Å². The van der Waals surface area contributed by atoms with Crippen LogP contribution in [0.4, 0.5) is 0 Å². The third kappa shape index (κ3) is 2.22. The summed E-state index contributed by atoms with van der Waals surface area (Å²) < 4.78 is 6.72. The molecule has 1 heterocycles. The average molecular weight is 248 g/mol. The van der Waals surface area contributed by atoms with Gasteiger partial charge in [-0.3, -0.25) is 9.36 Å². The van der Waals surface area contributed by atoms with Gasteiger partial charge in [0.1, 0.15) is 0 Å². The Morgan fingerprint density at radius 1 is 1.44 bits per heavy atom. The molecule has 0 spiro atoms. The zero-order valence-corrected chi connectivity index (χ0v) is 10.3. The standard InChI is InChI=1S/C13H16N2O3/c1-2-7-15-10-4-3-9(11(16)5-6-14)8-12(10)18-13(15)17/h3-4,8H,2,5-7,14H2,1H3. The first-order chi connectivity index (χ1) is 8.67. The Morgan fingerprint density at radius 2 is 2.22 bits per heavy atom. The Kier molecular flexibility index (Phi) is 3.62. The van der Waals surface area contributed by atoms with Gasteiger partial charge >= 0.3 is 5.76 Å². The maximum absolute atomic E-state index is 11.7. The maximum Gasteiger partial charge on any atom is 0.419 e. The lowest BCUT2D eigenvalue weighted by Gasteiger charge is -2.00. The van der Waals surface area contributed by atoms with Crippen LogP contribution in [0, 0.1) is 0 Å². The predicted molar refractivity (Wildman–Crippen MR) is 68.8 cm³/mol. The number of fused-ring (bicyclic) bond motifs is 1. The van der Waals surface area contributed by atoms with Crippen LogP contribution >= 0.6 is 0 Å². The van der Waals surface area contributed by atoms with E-state index in [1.165, 1.54) is 0 Å². The highest BCUT2D eigenvalue weighted by atomic mass is 16.4. The van der Waals surface area contributed by atoms with Crippen LogP contribution in [-0.4, -0.2) is 16.9 Å². The minimum atomic E-state index is -0.379. The monoisotopic (exact) mass is 248 g/mol. The van der Waals surface area contributed by atoms with Crippen LogP contribution < -0.4 is 11.5 Å². The number of benzene rings is 1. The number of hydrogen-bond acceptors (Lipinski definition) is 4. The number of Topliss-reactive ketones (excluding diaryl/α,β-unsaturated/α-hetero) is 1. The van der Waals surface area contributed by atoms with Crippen molar-refractivity contribution in [2.75, 3.05) is 6.54 Å². The van der Waals surface area contributed by atoms with Crippen molar-refractivity contribution in [3.63, 3.8) is 0 Å². The molecular formula is C13H16N2O3. The molecule has 2 N–H and O–H groups in total. The lowest BCUT2D eigenvalue weighted by Crippen LogP contribution is -2.13. The highest BCUT2D eigenvalue weighted by molar-refractivity contribution is 5.98. The van der Waals surface area contributed by atoms with Gasteiger partial charge in [0.25, 0.3) is 0 Å². The molecule has 0 aliphatic rings. The Hall–Kier alpha value is -1.88. The molecule has 18 heavy (non-hydrogen) atoms. The van der Waals surface area contributed by atoms with Gasteiger partial charge in [-0.25, -0.2) is 4.79 Å². The number of nitrogens with two attached hydrogens (primary N) is 1. The zero-order chi connectivity index (χ0) is 13.1. The summed E-state index contributed by atoms with van der Waals surface area (Å²) in [7, 11) is 0. The van der Waals surface area contributed by atoms with Gasteiger partial charge in [0.05, 0.1) is 5.52 Å². The number of rotatable bonds is 5. The van der Waals surface area contributed by atoms with Gasteiger partial charge < -0.3 is 10.2 Å². The van der Waals surface area contributed by atoms with E-state index in [4.69, 9.17) is 10.2 Å². The highest BCUT2D eigenvalue weighted by Gasteiger charge is 2.11. The summed E-state index contributed by atoms with van der Waals surface area (Å²) in [6, 6.07) is 5.07. The summed E-state index contributed by atoms with van der Waals surface area (Å²) in [6.07, 6.45) is 1.15. The van der Waals surface area contributed by atoms with Crippen molar-refractivity contribution in [2.24, 2.45) is 5.73 Å². The second kappa shape index (κ2) is 5.18. The van der Waals surface area contributed by atoms with Gasteiger partial charge in [0, 0.05) is 18.5 Å². The van der Waals surface area contributed by atoms with Crippen molar-refractivity contribution in [2.45, 2.75) is 26.3 Å². The van der Waals surface area contributed by atoms with Crippen molar-refractivity contribution in [3.05, 3.63) is 34.3 Å². The van der Waals surface area contributed by atoms with E-state index in [0.717, 1.165) is 11.9 Å². The first-order valence-electron chi connectivity index (χ1n) is 6.04. The summed E-state index contributed by atoms with van der Waals surface area (Å²) in [5.41, 5.74) is 7.06. The van der Waals surface area contributed by atoms with Gasteiger partial charge in [0.15, 0.2) is 11.4 Å². The maximum atomic E-state index is 11.7. The van der Waals surface area contributed by atoms with Crippen molar-refractivity contribution in [3.8, 4) is 0 Å². The van der Waals surface area contributed by atoms with Crippen LogP contribution in [0.2, 0.25) is 0 Å². The molecular weight excluding hydrogens is 232 g/mol. The molecule has 0 bridgehead atoms. The Bertz CT molecular complexity index is 625. The number of oxazole rings is 1. The third-order valence-electron chi connectivity index (χ3n) is 2.81. The quantitative estimate of drug-likeness (QED) is 0.814. The van der Waals surface area contributed by atoms with Crippen LogP contribution in [0.1, 0.15) is 30.1 Å². The molecule has 0 amide bonds. The average Bonchev–Trinajstić information content (AvgIpc) is 2.66. The summed E-state index contributed by atoms with van der Waals surface area (Å²) in [5.74, 6) is -0.416. The molecule has 5 heteroatoms. The minimum absolute atomic E-state index is 0.0368. The fraction of sp³-hybridized carbons (Fsp3) is 0.385. The zero-order valence-electron chi connectivity index (χ0n) is 10.3. The lowest BCUT2D eigenvalue weighted by molar-refractivity contribution is 0.0985. The fourth-order valence-corrected chi connectivity index (χ4v) is 1.95. The topological polar surface area (TPSA) is 78.2 Å². The number of carbonyl (C=O) groups excluding carboxylic acids is 1. The van der Waals surface area contributed by atoms with Gasteiger partial charge in [0.2, 0.25) is 0 Å². The normalized spacial score (nSPS) is 11.0. The summed E-state index contributed by atoms with van der Waals surface area (Å²) in [4.78, 5) is 23.3. The molecule has 2 rings (SSSR count). The lowest BCUT2D eigenvalue weighted by atomic mass is 10.1. The van der Waals surface area contributed by atoms with Crippen LogP contribution in [0.25, 0.3) is 11.1 Å². The SMILES string of the molecule is CCCn1c(=O)oc2cc(C(=O)CCN)ccc21. The fourth-order valence-electron chi connectivity index (χ4n) is 1.95. The number of nitrogens with zero attached hydrogens (tertiary/aromatic N) is 1. The molecule has 0 aliphatic heterocycles. The number of aryl methyl sites for hydroxylation is 1. The molecule has 5 nitrogen and oxygen atoms in total. The van der Waals surface area contributed by atoms with E-state index >= 15 is 0 Å². The van der Waals surface area contributed by atoms with Gasteiger partial charge in [-0.15, -0.1) is 0 Å². The number of ketones is 1. The van der Waals surface area contributed by atoms with E-state index < -0.39 is 0 Å². The van der Waals surface area contributed by atoms with E-state index in [9.17, 15) is 9.59 Å². The molecule has 96 valence electrons. The van der Waals surface area contributed by atoms with E-state index in [2.05, 4.69) is 0 Å². The van der Waals surface area contributed by atoms with Crippen LogP contribution in [-0.2, 0) is 6.54 Å². The second-order valence-electron chi connectivity index (χ2n) is 4.16. The predicted octanol–water partition coefficient (Wildman–Crippen LogP) is 1.54. The van der Waals surface area contributed by atoms with Crippen molar-refractivity contribution >= 4 is 16.9 Å². The number of hydrogen-bond donors (Lipinski definition) is 1. The van der Waals surface area contributed by atoms with Crippen molar-refractivity contribution in [1.29, 1.82) is 0 Å². The second-order valence-corrected chi connectivity index (χ2v) is 4.16. The molecule has 0 aliphatic carbocycles. The van der Waals surface area contributed by atoms with E-state index in [-0.39, 0.29) is 11.5 Å². The van der Waals surface area contributed by atoms with Crippen molar-refractivity contribution < 1.29 is 9.21 Å². The summed E-state index contributed by atoms with van der Waals surface area (Å²) in [6.45, 7) is 2.92. The molecule has 0 fully saturated rings. The van der Waals surface area contributed by atoms with Crippen LogP contribution in [0.5, 0.6) is 0 Å². The largest absolute Gasteiger partial charge is 0.419 e. The highest BCUT2D eigenvalue weighted by Crippen LogP contribution is 2.16. The smallest absolute Gasteiger partial charge is 0.408 e. The van der Waals surface area contributed by atoms with Crippen molar-refractivity contribution in [1.82, 2.24) is 4.57 Å². The third-order valence-corrected chi connectivity index (χ3v) is 2.81. The Balaban J connectivity index is 2.47. The van der Waals surface area contributed by atoms with E-state index in [1.54, 1.807) is 22.8 Å². The first-order valence-corrected chi connectivity index (χ1v) is 6.04. The molecule has 0 radical (unpaired) electrons. The van der Waals surface area contributed by atoms with E-state index in [1.807, 2.05) is 6.92 Å². The minimum Gasteiger partial charge on any atom is -0.408 e. The number of carbonyl (C=O) groups is 1. The molecule has 0 saturated heterocycles. The van der Waals surface area contributed by atoms with Crippen LogP contribution in [0.15, 0.2) is 27.4 Å². The summed E-state index contributed by atoms with van der Waals surface area (Å²) in [5, 5.41) is 0. The molecule has 0 unspecified atom stereocenters. The van der Waals surface area contributed by atoms with E-state index in [0.29, 0.717) is 30.7 Å².